The molecule has 0 saturated carbocycles. The van der Waals surface area contributed by atoms with Crippen LogP contribution in [0.2, 0.25) is 0 Å². The summed E-state index contributed by atoms with van der Waals surface area (Å²) in [5, 5.41) is 0. The van der Waals surface area contributed by atoms with E-state index in [-0.39, 0.29) is 30.7 Å². The number of morpholine rings is 1. The van der Waals surface area contributed by atoms with Gasteiger partial charge in [-0.15, -0.1) is 13.2 Å². The Hall–Kier alpha value is -1.32. The van der Waals surface area contributed by atoms with Crippen molar-refractivity contribution in [3.05, 3.63) is 24.3 Å². The molecule has 0 amide bonds. The Morgan fingerprint density at radius 3 is 2.71 bits per heavy atom. The predicted octanol–water partition coefficient (Wildman–Crippen LogP) is 1.99. The van der Waals surface area contributed by atoms with Crippen molar-refractivity contribution < 1.29 is 31.1 Å². The number of ether oxygens (including phenoxy) is 2. The van der Waals surface area contributed by atoms with E-state index in [0.717, 1.165) is 12.1 Å². The van der Waals surface area contributed by atoms with Crippen LogP contribution in [0.15, 0.2) is 29.2 Å². The van der Waals surface area contributed by atoms with Gasteiger partial charge in [0.15, 0.2) is 0 Å². The van der Waals surface area contributed by atoms with E-state index in [2.05, 4.69) is 4.74 Å². The number of rotatable bonds is 3. The second-order valence-corrected chi connectivity index (χ2v) is 6.51. The van der Waals surface area contributed by atoms with Gasteiger partial charge >= 0.3 is 6.36 Å². The molecule has 1 atom stereocenters. The minimum Gasteiger partial charge on any atom is -0.406 e. The van der Waals surface area contributed by atoms with Gasteiger partial charge in [0.25, 0.3) is 0 Å². The zero-order valence-corrected chi connectivity index (χ0v) is 11.9. The lowest BCUT2D eigenvalue weighted by molar-refractivity contribution is -0.274. The molecule has 9 heteroatoms. The molecule has 1 saturated heterocycles. The Kier molecular flexibility index (Phi) is 4.45. The predicted molar refractivity (Wildman–Crippen MR) is 67.3 cm³/mol. The van der Waals surface area contributed by atoms with Crippen LogP contribution in [0.4, 0.5) is 13.2 Å². The van der Waals surface area contributed by atoms with Crippen LogP contribution in [-0.2, 0) is 14.8 Å². The molecule has 21 heavy (non-hydrogen) atoms. The minimum atomic E-state index is -4.87. The van der Waals surface area contributed by atoms with E-state index in [9.17, 15) is 21.6 Å². The zero-order chi connectivity index (χ0) is 15.7. The Bertz CT molecular complexity index is 603. The van der Waals surface area contributed by atoms with Gasteiger partial charge in [-0.1, -0.05) is 6.07 Å². The number of hydrogen-bond acceptors (Lipinski definition) is 4. The third kappa shape index (κ3) is 4.08. The smallest absolute Gasteiger partial charge is 0.406 e. The van der Waals surface area contributed by atoms with Crippen LogP contribution in [0.3, 0.4) is 0 Å². The van der Waals surface area contributed by atoms with E-state index < -0.39 is 22.1 Å². The summed E-state index contributed by atoms with van der Waals surface area (Å²) in [6, 6.07) is 4.36. The van der Waals surface area contributed by atoms with Gasteiger partial charge in [-0.05, 0) is 19.1 Å². The molecule has 2 rings (SSSR count). The molecule has 0 aromatic heterocycles. The highest BCUT2D eigenvalue weighted by Crippen LogP contribution is 2.26. The largest absolute Gasteiger partial charge is 0.573 e. The summed E-state index contributed by atoms with van der Waals surface area (Å²) in [4.78, 5) is -0.238. The number of alkyl halides is 3. The van der Waals surface area contributed by atoms with Crippen molar-refractivity contribution >= 4 is 10.0 Å². The molecule has 1 aliphatic rings. The van der Waals surface area contributed by atoms with Gasteiger partial charge in [0, 0.05) is 19.2 Å². The van der Waals surface area contributed by atoms with Crippen molar-refractivity contribution in [2.45, 2.75) is 24.3 Å². The van der Waals surface area contributed by atoms with Crippen molar-refractivity contribution in [3.63, 3.8) is 0 Å². The highest BCUT2D eigenvalue weighted by Gasteiger charge is 2.33. The molecular formula is C12H14F3NO4S. The Morgan fingerprint density at radius 1 is 1.38 bits per heavy atom. The number of hydrogen-bond donors (Lipinski definition) is 0. The van der Waals surface area contributed by atoms with E-state index in [1.807, 2.05) is 0 Å². The fourth-order valence-corrected chi connectivity index (χ4v) is 3.52. The van der Waals surface area contributed by atoms with Gasteiger partial charge in [-0.25, -0.2) is 8.42 Å². The van der Waals surface area contributed by atoms with Crippen LogP contribution in [-0.4, -0.2) is 44.9 Å². The summed E-state index contributed by atoms with van der Waals surface area (Å²) in [5.41, 5.74) is 0. The minimum absolute atomic E-state index is 0.159. The first-order valence-corrected chi connectivity index (χ1v) is 7.60. The van der Waals surface area contributed by atoms with Gasteiger partial charge < -0.3 is 9.47 Å². The molecule has 5 nitrogen and oxygen atoms in total. The van der Waals surface area contributed by atoms with E-state index in [4.69, 9.17) is 4.74 Å². The third-order valence-corrected chi connectivity index (χ3v) is 4.74. The first-order valence-electron chi connectivity index (χ1n) is 6.16. The van der Waals surface area contributed by atoms with Gasteiger partial charge in [-0.3, -0.25) is 0 Å². The van der Waals surface area contributed by atoms with Crippen molar-refractivity contribution in [1.82, 2.24) is 4.31 Å². The standard InChI is InChI=1S/C12H14F3NO4S/c1-9-8-16(5-6-19-9)21(17,18)11-4-2-3-10(7-11)20-12(13,14)15/h2-4,7,9H,5-6,8H2,1H3/t9-/m1/s1. The second kappa shape index (κ2) is 5.82. The van der Waals surface area contributed by atoms with Gasteiger partial charge in [-0.2, -0.15) is 4.31 Å². The number of sulfonamides is 1. The van der Waals surface area contributed by atoms with Crippen molar-refractivity contribution in [2.24, 2.45) is 0 Å². The van der Waals surface area contributed by atoms with Gasteiger partial charge in [0.2, 0.25) is 10.0 Å². The summed E-state index contributed by atoms with van der Waals surface area (Å²) < 4.78 is 71.5. The first-order chi connectivity index (χ1) is 9.68. The summed E-state index contributed by atoms with van der Waals surface area (Å²) in [6.07, 6.45) is -5.13. The Balaban J connectivity index is 2.26. The average Bonchev–Trinajstić information content (AvgIpc) is 2.37. The molecule has 0 unspecified atom stereocenters. The molecule has 118 valence electrons. The van der Waals surface area contributed by atoms with E-state index >= 15 is 0 Å². The topological polar surface area (TPSA) is 55.8 Å². The van der Waals surface area contributed by atoms with Crippen LogP contribution < -0.4 is 4.74 Å². The van der Waals surface area contributed by atoms with Crippen LogP contribution >= 0.6 is 0 Å². The molecule has 0 bridgehead atoms. The van der Waals surface area contributed by atoms with Crippen LogP contribution in [0.1, 0.15) is 6.92 Å². The lowest BCUT2D eigenvalue weighted by Crippen LogP contribution is -2.44. The maximum Gasteiger partial charge on any atom is 0.573 e. The Morgan fingerprint density at radius 2 is 2.10 bits per heavy atom. The first kappa shape index (κ1) is 16.1. The number of nitrogens with zero attached hydrogens (tertiary/aromatic N) is 1. The number of halogens is 3. The third-order valence-electron chi connectivity index (χ3n) is 2.88. The summed E-state index contributed by atoms with van der Waals surface area (Å²) in [6.45, 7) is 2.30. The van der Waals surface area contributed by atoms with Crippen molar-refractivity contribution in [2.75, 3.05) is 19.7 Å². The van der Waals surface area contributed by atoms with Crippen molar-refractivity contribution in [1.29, 1.82) is 0 Å². The maximum absolute atomic E-state index is 12.4. The fourth-order valence-electron chi connectivity index (χ4n) is 1.99. The molecule has 1 aromatic carbocycles. The molecule has 1 fully saturated rings. The fraction of sp³-hybridized carbons (Fsp3) is 0.500. The summed E-state index contributed by atoms with van der Waals surface area (Å²) in [5.74, 6) is -0.565. The van der Waals surface area contributed by atoms with Crippen molar-refractivity contribution in [3.8, 4) is 5.75 Å². The van der Waals surface area contributed by atoms with E-state index in [1.165, 1.54) is 16.4 Å². The molecule has 1 aromatic rings. The normalized spacial score (nSPS) is 21.2. The average molecular weight is 325 g/mol. The maximum atomic E-state index is 12.4. The number of benzene rings is 1. The monoisotopic (exact) mass is 325 g/mol. The quantitative estimate of drug-likeness (QED) is 0.853. The van der Waals surface area contributed by atoms with Gasteiger partial charge in [0.1, 0.15) is 5.75 Å². The van der Waals surface area contributed by atoms with E-state index in [1.54, 1.807) is 6.92 Å². The second-order valence-electron chi connectivity index (χ2n) is 4.57. The molecule has 1 aliphatic heterocycles. The molecule has 1 heterocycles. The van der Waals surface area contributed by atoms with Crippen LogP contribution in [0, 0.1) is 0 Å². The van der Waals surface area contributed by atoms with Crippen LogP contribution in [0.5, 0.6) is 5.75 Å². The Labute approximate surface area is 120 Å². The lowest BCUT2D eigenvalue weighted by atomic mass is 10.3. The van der Waals surface area contributed by atoms with Gasteiger partial charge in [0.05, 0.1) is 17.6 Å². The summed E-state index contributed by atoms with van der Waals surface area (Å²) in [7, 11) is -3.87. The van der Waals surface area contributed by atoms with E-state index in [0.29, 0.717) is 0 Å². The summed E-state index contributed by atoms with van der Waals surface area (Å²) >= 11 is 0. The molecular weight excluding hydrogens is 311 g/mol. The highest BCUT2D eigenvalue weighted by atomic mass is 32.2. The van der Waals surface area contributed by atoms with Crippen LogP contribution in [0.25, 0.3) is 0 Å². The molecule has 0 N–H and O–H groups in total. The molecule has 0 aliphatic carbocycles. The lowest BCUT2D eigenvalue weighted by Gasteiger charge is -2.30. The zero-order valence-electron chi connectivity index (χ0n) is 11.1. The highest BCUT2D eigenvalue weighted by molar-refractivity contribution is 7.89. The SMILES string of the molecule is C[C@@H]1CN(S(=O)(=O)c2cccc(OC(F)(F)F)c2)CCO1. The molecule has 0 radical (unpaired) electrons. The molecule has 0 spiro atoms.